The summed E-state index contributed by atoms with van der Waals surface area (Å²) in [5.74, 6) is 0.537. The molecule has 3 N–H and O–H groups in total. The minimum absolute atomic E-state index is 0.0872. The zero-order valence-corrected chi connectivity index (χ0v) is 13.2. The highest BCUT2D eigenvalue weighted by Crippen LogP contribution is 2.31. The molecule has 1 aliphatic heterocycles. The highest BCUT2D eigenvalue weighted by molar-refractivity contribution is 7.89. The van der Waals surface area contributed by atoms with Crippen molar-refractivity contribution >= 4 is 21.6 Å². The average molecular weight is 323 g/mol. The quantitative estimate of drug-likeness (QED) is 0.811. The monoisotopic (exact) mass is 323 g/mol. The Balaban J connectivity index is 1.66. The van der Waals surface area contributed by atoms with Gasteiger partial charge in [-0.2, -0.15) is 0 Å². The fraction of sp³-hybridized carbons (Fsp3) is 0.533. The minimum Gasteiger partial charge on any atom is -0.326 e. The van der Waals surface area contributed by atoms with Crippen LogP contribution < -0.4 is 15.4 Å². The van der Waals surface area contributed by atoms with E-state index in [9.17, 15) is 13.2 Å². The molecule has 7 heteroatoms. The smallest absolute Gasteiger partial charge is 0.240 e. The maximum Gasteiger partial charge on any atom is 0.240 e. The van der Waals surface area contributed by atoms with Crippen molar-refractivity contribution in [2.45, 2.75) is 36.6 Å². The Morgan fingerprint density at radius 3 is 2.50 bits per heavy atom. The number of benzene rings is 1. The second kappa shape index (κ2) is 5.98. The van der Waals surface area contributed by atoms with Crippen molar-refractivity contribution in [3.63, 3.8) is 0 Å². The summed E-state index contributed by atoms with van der Waals surface area (Å²) in [5.41, 5.74) is 6.66. The van der Waals surface area contributed by atoms with E-state index in [4.69, 9.17) is 5.73 Å². The second-order valence-electron chi connectivity index (χ2n) is 6.00. The molecule has 0 aromatic heterocycles. The molecular formula is C15H21N3O3S. The molecule has 120 valence electrons. The van der Waals surface area contributed by atoms with Gasteiger partial charge in [0.15, 0.2) is 0 Å². The third-order valence-corrected chi connectivity index (χ3v) is 5.71. The lowest BCUT2D eigenvalue weighted by Gasteiger charge is -2.16. The fourth-order valence-corrected chi connectivity index (χ4v) is 3.78. The lowest BCUT2D eigenvalue weighted by atomic mass is 10.2. The summed E-state index contributed by atoms with van der Waals surface area (Å²) in [6.07, 6.45) is 3.57. The van der Waals surface area contributed by atoms with Gasteiger partial charge in [0.1, 0.15) is 0 Å². The molecule has 1 saturated heterocycles. The summed E-state index contributed by atoms with van der Waals surface area (Å²) in [6, 6.07) is 6.31. The SMILES string of the molecule is NC(CNS(=O)(=O)c1ccc(N2CCCC2=O)cc1)C1CC1. The van der Waals surface area contributed by atoms with E-state index in [1.54, 1.807) is 17.0 Å². The Bertz CT molecular complexity index is 653. The van der Waals surface area contributed by atoms with Gasteiger partial charge in [0.2, 0.25) is 15.9 Å². The second-order valence-corrected chi connectivity index (χ2v) is 7.76. The first-order valence-electron chi connectivity index (χ1n) is 7.63. The van der Waals surface area contributed by atoms with Gasteiger partial charge < -0.3 is 10.6 Å². The summed E-state index contributed by atoms with van der Waals surface area (Å²) in [7, 11) is -3.55. The zero-order valence-electron chi connectivity index (χ0n) is 12.4. The van der Waals surface area contributed by atoms with E-state index in [0.717, 1.165) is 24.9 Å². The Morgan fingerprint density at radius 2 is 1.95 bits per heavy atom. The van der Waals surface area contributed by atoms with Crippen LogP contribution in [0.1, 0.15) is 25.7 Å². The molecule has 1 atom stereocenters. The van der Waals surface area contributed by atoms with Crippen molar-refractivity contribution in [1.29, 1.82) is 0 Å². The first-order chi connectivity index (χ1) is 10.5. The number of nitrogens with one attached hydrogen (secondary N) is 1. The summed E-state index contributed by atoms with van der Waals surface area (Å²) in [6.45, 7) is 0.957. The van der Waals surface area contributed by atoms with Crippen LogP contribution in [-0.2, 0) is 14.8 Å². The molecule has 2 fully saturated rings. The van der Waals surface area contributed by atoms with E-state index in [2.05, 4.69) is 4.72 Å². The molecule has 0 bridgehead atoms. The molecule has 2 aliphatic rings. The molecule has 1 unspecified atom stereocenters. The predicted molar refractivity (Wildman–Crippen MR) is 83.9 cm³/mol. The minimum atomic E-state index is -3.55. The lowest BCUT2D eigenvalue weighted by Crippen LogP contribution is -2.38. The number of hydrogen-bond donors (Lipinski definition) is 2. The van der Waals surface area contributed by atoms with Gasteiger partial charge >= 0.3 is 0 Å². The van der Waals surface area contributed by atoms with Crippen molar-refractivity contribution in [2.24, 2.45) is 11.7 Å². The first kappa shape index (κ1) is 15.5. The number of amides is 1. The van der Waals surface area contributed by atoms with Crippen molar-refractivity contribution < 1.29 is 13.2 Å². The van der Waals surface area contributed by atoms with Crippen LogP contribution in [0.2, 0.25) is 0 Å². The molecule has 22 heavy (non-hydrogen) atoms. The standard InChI is InChI=1S/C15H21N3O3S/c16-14(11-3-4-11)10-17-22(20,21)13-7-5-12(6-8-13)18-9-1-2-15(18)19/h5-8,11,14,17H,1-4,9-10,16H2. The van der Waals surface area contributed by atoms with Gasteiger partial charge in [0, 0.05) is 31.2 Å². The van der Waals surface area contributed by atoms with Crippen LogP contribution in [0.25, 0.3) is 0 Å². The van der Waals surface area contributed by atoms with Gasteiger partial charge in [-0.3, -0.25) is 4.79 Å². The van der Waals surface area contributed by atoms with Crippen LogP contribution in [0.3, 0.4) is 0 Å². The number of sulfonamides is 1. The summed E-state index contributed by atoms with van der Waals surface area (Å²) >= 11 is 0. The van der Waals surface area contributed by atoms with Crippen LogP contribution in [0.5, 0.6) is 0 Å². The molecule has 1 saturated carbocycles. The van der Waals surface area contributed by atoms with E-state index in [-0.39, 0.29) is 23.4 Å². The van der Waals surface area contributed by atoms with E-state index in [1.807, 2.05) is 0 Å². The molecule has 1 aromatic rings. The number of carbonyl (C=O) groups excluding carboxylic acids is 1. The van der Waals surface area contributed by atoms with Crippen LogP contribution in [-0.4, -0.2) is 33.5 Å². The molecule has 3 rings (SSSR count). The Morgan fingerprint density at radius 1 is 1.27 bits per heavy atom. The highest BCUT2D eigenvalue weighted by Gasteiger charge is 2.29. The van der Waals surface area contributed by atoms with Gasteiger partial charge in [-0.1, -0.05) is 0 Å². The third-order valence-electron chi connectivity index (χ3n) is 4.27. The third kappa shape index (κ3) is 3.31. The molecule has 1 aromatic carbocycles. The molecular weight excluding hydrogens is 302 g/mol. The number of rotatable bonds is 6. The number of nitrogens with two attached hydrogens (primary N) is 1. The number of carbonyl (C=O) groups is 1. The van der Waals surface area contributed by atoms with Gasteiger partial charge in [0.05, 0.1) is 4.90 Å². The molecule has 6 nitrogen and oxygen atoms in total. The van der Waals surface area contributed by atoms with Gasteiger partial charge in [-0.25, -0.2) is 13.1 Å². The highest BCUT2D eigenvalue weighted by atomic mass is 32.2. The normalized spacial score (nSPS) is 20.4. The van der Waals surface area contributed by atoms with E-state index in [0.29, 0.717) is 18.9 Å². The molecule has 1 amide bonds. The summed E-state index contributed by atoms with van der Waals surface area (Å²) in [5, 5.41) is 0. The molecule has 0 spiro atoms. The van der Waals surface area contributed by atoms with Crippen LogP contribution in [0.15, 0.2) is 29.2 Å². The van der Waals surface area contributed by atoms with Gasteiger partial charge in [-0.05, 0) is 49.4 Å². The molecule has 1 aliphatic carbocycles. The van der Waals surface area contributed by atoms with Crippen molar-refractivity contribution in [2.75, 3.05) is 18.0 Å². The van der Waals surface area contributed by atoms with Crippen LogP contribution >= 0.6 is 0 Å². The Labute approximate surface area is 130 Å². The summed E-state index contributed by atoms with van der Waals surface area (Å²) in [4.78, 5) is 13.6. The predicted octanol–water partition coefficient (Wildman–Crippen LogP) is 0.829. The molecule has 1 heterocycles. The topological polar surface area (TPSA) is 92.5 Å². The van der Waals surface area contributed by atoms with Crippen LogP contribution in [0.4, 0.5) is 5.69 Å². The van der Waals surface area contributed by atoms with Crippen LogP contribution in [0, 0.1) is 5.92 Å². The number of anilines is 1. The maximum absolute atomic E-state index is 12.2. The fourth-order valence-electron chi connectivity index (χ4n) is 2.71. The maximum atomic E-state index is 12.2. The van der Waals surface area contributed by atoms with E-state index < -0.39 is 10.0 Å². The Kier molecular flexibility index (Phi) is 4.20. The van der Waals surface area contributed by atoms with Crippen molar-refractivity contribution in [3.05, 3.63) is 24.3 Å². The van der Waals surface area contributed by atoms with Gasteiger partial charge in [-0.15, -0.1) is 0 Å². The average Bonchev–Trinajstić information content (AvgIpc) is 3.27. The Hall–Kier alpha value is -1.44. The van der Waals surface area contributed by atoms with Crippen molar-refractivity contribution in [3.8, 4) is 0 Å². The lowest BCUT2D eigenvalue weighted by molar-refractivity contribution is -0.117. The largest absolute Gasteiger partial charge is 0.326 e. The van der Waals surface area contributed by atoms with E-state index in [1.165, 1.54) is 12.1 Å². The van der Waals surface area contributed by atoms with E-state index >= 15 is 0 Å². The van der Waals surface area contributed by atoms with Gasteiger partial charge in [0.25, 0.3) is 0 Å². The molecule has 0 radical (unpaired) electrons. The zero-order chi connectivity index (χ0) is 15.7. The summed E-state index contributed by atoms with van der Waals surface area (Å²) < 4.78 is 27.0. The number of nitrogens with zero attached hydrogens (tertiary/aromatic N) is 1. The first-order valence-corrected chi connectivity index (χ1v) is 9.11. The number of hydrogen-bond acceptors (Lipinski definition) is 4. The van der Waals surface area contributed by atoms with Crippen molar-refractivity contribution in [1.82, 2.24) is 4.72 Å².